The van der Waals surface area contributed by atoms with Gasteiger partial charge in [-0.2, -0.15) is 13.2 Å². The summed E-state index contributed by atoms with van der Waals surface area (Å²) in [5.41, 5.74) is 2.43. The van der Waals surface area contributed by atoms with Gasteiger partial charge in [-0.1, -0.05) is 12.1 Å². The molecule has 0 aliphatic carbocycles. The molecule has 2 N–H and O–H groups in total. The fourth-order valence-electron chi connectivity index (χ4n) is 1.18. The van der Waals surface area contributed by atoms with Crippen LogP contribution in [0, 0.1) is 0 Å². The molecule has 6 heteroatoms. The van der Waals surface area contributed by atoms with Gasteiger partial charge in [0.25, 0.3) is 0 Å². The molecule has 1 unspecified atom stereocenters. The first-order valence-corrected chi connectivity index (χ1v) is 6.06. The Hall–Kier alpha value is -0.880. The van der Waals surface area contributed by atoms with Gasteiger partial charge in [0, 0.05) is 11.8 Å². The highest BCUT2D eigenvalue weighted by atomic mass is 32.2. The van der Waals surface area contributed by atoms with E-state index in [0.29, 0.717) is 5.75 Å². The van der Waals surface area contributed by atoms with Gasteiger partial charge < -0.3 is 10.5 Å². The molecule has 96 valence electrons. The monoisotopic (exact) mass is 265 g/mol. The first-order chi connectivity index (χ1) is 7.88. The fraction of sp³-hybridized carbons (Fsp3) is 0.455. The molecule has 0 bridgehead atoms. The van der Waals surface area contributed by atoms with Crippen LogP contribution >= 0.6 is 11.8 Å². The maximum atomic E-state index is 11.8. The lowest BCUT2D eigenvalue weighted by molar-refractivity contribution is -0.0329. The smallest absolute Gasteiger partial charge is 0.441 e. The number of rotatable bonds is 5. The van der Waals surface area contributed by atoms with Crippen LogP contribution in [0.2, 0.25) is 0 Å². The van der Waals surface area contributed by atoms with Crippen molar-refractivity contribution >= 4 is 11.8 Å². The third kappa shape index (κ3) is 5.83. The maximum Gasteiger partial charge on any atom is 0.441 e. The molecular weight excluding hydrogens is 251 g/mol. The van der Waals surface area contributed by atoms with Crippen molar-refractivity contribution in [3.8, 4) is 5.75 Å². The van der Waals surface area contributed by atoms with E-state index in [1.165, 1.54) is 0 Å². The van der Waals surface area contributed by atoms with Crippen LogP contribution in [0.25, 0.3) is 0 Å². The Morgan fingerprint density at radius 1 is 1.29 bits per heavy atom. The number of thioether (sulfide) groups is 1. The van der Waals surface area contributed by atoms with Crippen LogP contribution in [0.15, 0.2) is 24.3 Å². The van der Waals surface area contributed by atoms with Crippen LogP contribution in [-0.2, 0) is 0 Å². The first-order valence-electron chi connectivity index (χ1n) is 5.07. The lowest BCUT2D eigenvalue weighted by atomic mass is 10.1. The number of nitrogens with two attached hydrogens (primary N) is 1. The number of ether oxygens (including phenoxy) is 1. The van der Waals surface area contributed by atoms with E-state index in [4.69, 9.17) is 10.5 Å². The Morgan fingerprint density at radius 3 is 2.35 bits per heavy atom. The summed E-state index contributed by atoms with van der Waals surface area (Å²) in [6.07, 6.45) is 0. The van der Waals surface area contributed by atoms with Crippen molar-refractivity contribution in [1.82, 2.24) is 0 Å². The number of hydrogen-bond donors (Lipinski definition) is 1. The lowest BCUT2D eigenvalue weighted by Gasteiger charge is -2.09. The minimum Gasteiger partial charge on any atom is -0.493 e. The van der Waals surface area contributed by atoms with Gasteiger partial charge in [0.15, 0.2) is 0 Å². The molecule has 0 saturated carbocycles. The zero-order valence-corrected chi connectivity index (χ0v) is 10.1. The minimum atomic E-state index is -4.19. The topological polar surface area (TPSA) is 35.2 Å². The van der Waals surface area contributed by atoms with Gasteiger partial charge in [0.05, 0.1) is 6.61 Å². The Kier molecular flexibility index (Phi) is 5.14. The quantitative estimate of drug-likeness (QED) is 0.829. The summed E-state index contributed by atoms with van der Waals surface area (Å²) in [5.74, 6) is 0.440. The molecular formula is C11H14F3NOS. The zero-order valence-electron chi connectivity index (χ0n) is 9.33. The molecule has 2 nitrogen and oxygen atoms in total. The summed E-state index contributed by atoms with van der Waals surface area (Å²) in [6, 6.07) is 6.95. The van der Waals surface area contributed by atoms with E-state index < -0.39 is 5.51 Å². The summed E-state index contributed by atoms with van der Waals surface area (Å²) in [4.78, 5) is 0. The summed E-state index contributed by atoms with van der Waals surface area (Å²) in [5, 5.41) is 0. The molecule has 1 atom stereocenters. The van der Waals surface area contributed by atoms with Gasteiger partial charge >= 0.3 is 5.51 Å². The van der Waals surface area contributed by atoms with Crippen LogP contribution in [0.5, 0.6) is 5.75 Å². The molecule has 0 fully saturated rings. The SMILES string of the molecule is CC(N)c1ccc(OCCSC(F)(F)F)cc1. The highest BCUT2D eigenvalue weighted by Crippen LogP contribution is 2.29. The summed E-state index contributed by atoms with van der Waals surface area (Å²) >= 11 is -0.0841. The van der Waals surface area contributed by atoms with Gasteiger partial charge in [0.2, 0.25) is 0 Å². The van der Waals surface area contributed by atoms with Gasteiger partial charge in [-0.3, -0.25) is 0 Å². The first kappa shape index (κ1) is 14.2. The average molecular weight is 265 g/mol. The second-order valence-electron chi connectivity index (χ2n) is 3.50. The highest BCUT2D eigenvalue weighted by Gasteiger charge is 2.27. The van der Waals surface area contributed by atoms with E-state index in [0.717, 1.165) is 5.56 Å². The second kappa shape index (κ2) is 6.16. The van der Waals surface area contributed by atoms with Crippen molar-refractivity contribution < 1.29 is 17.9 Å². The van der Waals surface area contributed by atoms with Crippen molar-refractivity contribution in [2.45, 2.75) is 18.5 Å². The van der Waals surface area contributed by atoms with E-state index in [2.05, 4.69) is 0 Å². The van der Waals surface area contributed by atoms with Crippen molar-refractivity contribution in [3.05, 3.63) is 29.8 Å². The van der Waals surface area contributed by atoms with Crippen LogP contribution in [0.3, 0.4) is 0 Å². The fourth-order valence-corrected chi connectivity index (χ4v) is 1.58. The minimum absolute atomic E-state index is 0.0295. The Morgan fingerprint density at radius 2 is 1.88 bits per heavy atom. The third-order valence-corrected chi connectivity index (χ3v) is 2.72. The number of hydrogen-bond acceptors (Lipinski definition) is 3. The van der Waals surface area contributed by atoms with Crippen LogP contribution in [0.4, 0.5) is 13.2 Å². The van der Waals surface area contributed by atoms with Crippen LogP contribution in [-0.4, -0.2) is 17.9 Å². The highest BCUT2D eigenvalue weighted by molar-refractivity contribution is 8.00. The van der Waals surface area contributed by atoms with Gasteiger partial charge in [-0.05, 0) is 36.4 Å². The Balaban J connectivity index is 2.33. The van der Waals surface area contributed by atoms with Crippen molar-refractivity contribution in [2.24, 2.45) is 5.73 Å². The van der Waals surface area contributed by atoms with Crippen molar-refractivity contribution in [2.75, 3.05) is 12.4 Å². The van der Waals surface area contributed by atoms with Gasteiger partial charge in [-0.15, -0.1) is 0 Å². The maximum absolute atomic E-state index is 11.8. The molecule has 0 amide bonds. The summed E-state index contributed by atoms with van der Waals surface area (Å²) < 4.78 is 40.6. The Bertz CT molecular complexity index is 338. The number of halogens is 3. The number of alkyl halides is 3. The average Bonchev–Trinajstić information content (AvgIpc) is 2.24. The molecule has 0 aliphatic heterocycles. The molecule has 0 saturated heterocycles. The Labute approximate surface area is 102 Å². The second-order valence-corrected chi connectivity index (χ2v) is 4.66. The molecule has 17 heavy (non-hydrogen) atoms. The molecule has 0 heterocycles. The largest absolute Gasteiger partial charge is 0.493 e. The summed E-state index contributed by atoms with van der Waals surface area (Å²) in [7, 11) is 0. The van der Waals surface area contributed by atoms with Gasteiger partial charge in [-0.25, -0.2) is 0 Å². The predicted octanol–water partition coefficient (Wildman–Crippen LogP) is 3.34. The van der Waals surface area contributed by atoms with Crippen molar-refractivity contribution in [1.29, 1.82) is 0 Å². The molecule has 0 aromatic heterocycles. The molecule has 0 aliphatic rings. The van der Waals surface area contributed by atoms with Crippen LogP contribution in [0.1, 0.15) is 18.5 Å². The summed E-state index contributed by atoms with van der Waals surface area (Å²) in [6.45, 7) is 1.89. The van der Waals surface area contributed by atoms with Crippen molar-refractivity contribution in [3.63, 3.8) is 0 Å². The lowest BCUT2D eigenvalue weighted by Crippen LogP contribution is -2.08. The van der Waals surface area contributed by atoms with E-state index in [9.17, 15) is 13.2 Å². The predicted molar refractivity (Wildman–Crippen MR) is 63.1 cm³/mol. The molecule has 1 rings (SSSR count). The molecule has 0 spiro atoms. The zero-order chi connectivity index (χ0) is 12.9. The van der Waals surface area contributed by atoms with Gasteiger partial charge in [0.1, 0.15) is 5.75 Å². The number of benzene rings is 1. The third-order valence-electron chi connectivity index (χ3n) is 2.02. The normalized spacial score (nSPS) is 13.5. The molecule has 1 aromatic rings. The van der Waals surface area contributed by atoms with E-state index >= 15 is 0 Å². The molecule has 1 aromatic carbocycles. The van der Waals surface area contributed by atoms with E-state index in [1.807, 2.05) is 6.92 Å². The van der Waals surface area contributed by atoms with Crippen LogP contribution < -0.4 is 10.5 Å². The standard InChI is InChI=1S/C11H14F3NOS/c1-8(15)9-2-4-10(5-3-9)16-6-7-17-11(12,13)14/h2-5,8H,6-7,15H2,1H3. The van der Waals surface area contributed by atoms with E-state index in [-0.39, 0.29) is 30.2 Å². The van der Waals surface area contributed by atoms with E-state index in [1.54, 1.807) is 24.3 Å². The molecule has 0 radical (unpaired) electrons.